The molecule has 0 aliphatic carbocycles. The number of thioether (sulfide) groups is 1. The van der Waals surface area contributed by atoms with Gasteiger partial charge in [-0.05, 0) is 24.1 Å². The van der Waals surface area contributed by atoms with E-state index in [-0.39, 0.29) is 23.6 Å². The fourth-order valence-electron chi connectivity index (χ4n) is 2.57. The molecule has 0 aromatic heterocycles. The molecule has 1 atom stereocenters. The van der Waals surface area contributed by atoms with E-state index in [1.54, 1.807) is 16.7 Å². The standard InChI is InChI=1S/C19H19NO2S/c21-16(12-11-15-7-3-1-4-8-15)14-20-18(22)13-19(20)23-17-9-5-2-6-10-17/h1-10,19H,11-14H2/t19-/m0/s1. The Morgan fingerprint density at radius 3 is 2.35 bits per heavy atom. The van der Waals surface area contributed by atoms with E-state index in [0.29, 0.717) is 12.8 Å². The third kappa shape index (κ3) is 4.23. The van der Waals surface area contributed by atoms with Gasteiger partial charge in [-0.1, -0.05) is 48.5 Å². The smallest absolute Gasteiger partial charge is 0.226 e. The minimum Gasteiger partial charge on any atom is -0.322 e. The highest BCUT2D eigenvalue weighted by atomic mass is 32.2. The molecule has 4 heteroatoms. The molecule has 1 aliphatic heterocycles. The maximum Gasteiger partial charge on any atom is 0.226 e. The quantitative estimate of drug-likeness (QED) is 0.731. The van der Waals surface area contributed by atoms with Gasteiger partial charge >= 0.3 is 0 Å². The first kappa shape index (κ1) is 15.8. The van der Waals surface area contributed by atoms with E-state index in [1.165, 1.54) is 0 Å². The zero-order valence-electron chi connectivity index (χ0n) is 12.9. The van der Waals surface area contributed by atoms with Gasteiger partial charge in [0.25, 0.3) is 0 Å². The number of nitrogens with zero attached hydrogens (tertiary/aromatic N) is 1. The summed E-state index contributed by atoms with van der Waals surface area (Å²) in [7, 11) is 0. The predicted octanol–water partition coefficient (Wildman–Crippen LogP) is 3.54. The molecule has 0 N–H and O–H groups in total. The number of β-lactam (4-membered cyclic amide) rings is 1. The van der Waals surface area contributed by atoms with Gasteiger partial charge in [0.15, 0.2) is 5.78 Å². The second-order valence-corrected chi connectivity index (χ2v) is 6.89. The van der Waals surface area contributed by atoms with Crippen molar-refractivity contribution in [2.75, 3.05) is 6.54 Å². The van der Waals surface area contributed by atoms with Gasteiger partial charge in [-0.3, -0.25) is 9.59 Å². The monoisotopic (exact) mass is 325 g/mol. The van der Waals surface area contributed by atoms with Crippen LogP contribution in [0.3, 0.4) is 0 Å². The lowest BCUT2D eigenvalue weighted by molar-refractivity contribution is -0.144. The zero-order valence-corrected chi connectivity index (χ0v) is 13.7. The van der Waals surface area contributed by atoms with Crippen molar-refractivity contribution in [3.05, 3.63) is 66.2 Å². The summed E-state index contributed by atoms with van der Waals surface area (Å²) >= 11 is 1.65. The number of carbonyl (C=O) groups is 2. The van der Waals surface area contributed by atoms with E-state index in [1.807, 2.05) is 60.7 Å². The summed E-state index contributed by atoms with van der Waals surface area (Å²) in [5, 5.41) is 0.0885. The largest absolute Gasteiger partial charge is 0.322 e. The Morgan fingerprint density at radius 1 is 1.04 bits per heavy atom. The number of carbonyl (C=O) groups excluding carboxylic acids is 2. The van der Waals surface area contributed by atoms with Crippen molar-refractivity contribution in [2.45, 2.75) is 29.5 Å². The normalized spacial score (nSPS) is 17.0. The van der Waals surface area contributed by atoms with Crippen LogP contribution in [0.25, 0.3) is 0 Å². The number of ketones is 1. The van der Waals surface area contributed by atoms with E-state index < -0.39 is 0 Å². The summed E-state index contributed by atoms with van der Waals surface area (Å²) in [5.41, 5.74) is 1.16. The van der Waals surface area contributed by atoms with Crippen LogP contribution >= 0.6 is 11.8 Å². The molecular formula is C19H19NO2S. The second kappa shape index (κ2) is 7.47. The van der Waals surface area contributed by atoms with Gasteiger partial charge < -0.3 is 4.90 Å². The summed E-state index contributed by atoms with van der Waals surface area (Å²) in [5.74, 6) is 0.201. The van der Waals surface area contributed by atoms with E-state index in [2.05, 4.69) is 0 Å². The van der Waals surface area contributed by atoms with Crippen LogP contribution < -0.4 is 0 Å². The minimum atomic E-state index is 0.0755. The Hall–Kier alpha value is -2.07. The average Bonchev–Trinajstić information content (AvgIpc) is 2.59. The molecule has 118 valence electrons. The van der Waals surface area contributed by atoms with Gasteiger partial charge in [-0.2, -0.15) is 0 Å². The van der Waals surface area contributed by atoms with Crippen LogP contribution in [-0.2, 0) is 16.0 Å². The topological polar surface area (TPSA) is 37.4 Å². The highest BCUT2D eigenvalue weighted by Crippen LogP contribution is 2.34. The third-order valence-corrected chi connectivity index (χ3v) is 5.15. The Balaban J connectivity index is 1.49. The summed E-state index contributed by atoms with van der Waals surface area (Å²) in [6.45, 7) is 0.232. The fraction of sp³-hybridized carbons (Fsp3) is 0.263. The van der Waals surface area contributed by atoms with Crippen LogP contribution in [0, 0.1) is 0 Å². The van der Waals surface area contributed by atoms with E-state index in [9.17, 15) is 9.59 Å². The van der Waals surface area contributed by atoms with E-state index in [0.717, 1.165) is 16.9 Å². The Labute approximate surface area is 140 Å². The summed E-state index contributed by atoms with van der Waals surface area (Å²) < 4.78 is 0. The number of amides is 1. The van der Waals surface area contributed by atoms with Crippen molar-refractivity contribution in [1.82, 2.24) is 4.90 Å². The molecule has 1 aliphatic rings. The maximum absolute atomic E-state index is 12.2. The van der Waals surface area contributed by atoms with Crippen LogP contribution in [0.4, 0.5) is 0 Å². The molecular weight excluding hydrogens is 306 g/mol. The molecule has 1 amide bonds. The van der Waals surface area contributed by atoms with Crippen LogP contribution in [0.15, 0.2) is 65.6 Å². The van der Waals surface area contributed by atoms with Crippen LogP contribution in [0.2, 0.25) is 0 Å². The SMILES string of the molecule is O=C(CCc1ccccc1)CN1C(=O)C[C@@H]1Sc1ccccc1. The van der Waals surface area contributed by atoms with Crippen LogP contribution in [0.1, 0.15) is 18.4 Å². The van der Waals surface area contributed by atoms with E-state index >= 15 is 0 Å². The first-order valence-corrected chi connectivity index (χ1v) is 8.67. The number of benzene rings is 2. The van der Waals surface area contributed by atoms with Crippen LogP contribution in [-0.4, -0.2) is 28.5 Å². The molecule has 0 unspecified atom stereocenters. The number of aryl methyl sites for hydroxylation is 1. The van der Waals surface area contributed by atoms with Crippen molar-refractivity contribution in [3.8, 4) is 0 Å². The molecule has 3 nitrogen and oxygen atoms in total. The first-order valence-electron chi connectivity index (χ1n) is 7.79. The van der Waals surface area contributed by atoms with Gasteiger partial charge in [0, 0.05) is 11.3 Å². The molecule has 0 spiro atoms. The number of rotatable bonds is 7. The van der Waals surface area contributed by atoms with Gasteiger partial charge in [0.05, 0.1) is 18.3 Å². The molecule has 1 saturated heterocycles. The van der Waals surface area contributed by atoms with Crippen molar-refractivity contribution in [2.24, 2.45) is 0 Å². The summed E-state index contributed by atoms with van der Waals surface area (Å²) in [4.78, 5) is 26.8. The lowest BCUT2D eigenvalue weighted by Gasteiger charge is -2.39. The molecule has 1 heterocycles. The number of likely N-dealkylation sites (tertiary alicyclic amines) is 1. The Morgan fingerprint density at radius 2 is 1.70 bits per heavy atom. The molecule has 3 rings (SSSR count). The molecule has 0 bridgehead atoms. The Kier molecular flexibility index (Phi) is 5.13. The molecule has 1 fully saturated rings. The average molecular weight is 325 g/mol. The Bertz CT molecular complexity index is 672. The van der Waals surface area contributed by atoms with Gasteiger partial charge in [-0.15, -0.1) is 11.8 Å². The molecule has 2 aromatic rings. The third-order valence-electron chi connectivity index (χ3n) is 3.91. The minimum absolute atomic E-state index is 0.0755. The van der Waals surface area contributed by atoms with Crippen molar-refractivity contribution in [3.63, 3.8) is 0 Å². The van der Waals surface area contributed by atoms with Gasteiger partial charge in [0.1, 0.15) is 0 Å². The van der Waals surface area contributed by atoms with Crippen molar-refractivity contribution in [1.29, 1.82) is 0 Å². The van der Waals surface area contributed by atoms with Gasteiger partial charge in [-0.25, -0.2) is 0 Å². The second-order valence-electron chi connectivity index (χ2n) is 5.64. The lowest BCUT2D eigenvalue weighted by atomic mass is 10.1. The highest BCUT2D eigenvalue weighted by molar-refractivity contribution is 8.00. The fourth-order valence-corrected chi connectivity index (χ4v) is 3.75. The summed E-state index contributed by atoms with van der Waals surface area (Å²) in [6.07, 6.45) is 1.74. The molecule has 23 heavy (non-hydrogen) atoms. The number of Topliss-reactive ketones (excluding diaryl/α,β-unsaturated/α-hetero) is 1. The van der Waals surface area contributed by atoms with Gasteiger partial charge in [0.2, 0.25) is 5.91 Å². The predicted molar refractivity (Wildman–Crippen MR) is 92.2 cm³/mol. The first-order chi connectivity index (χ1) is 11.2. The molecule has 2 aromatic carbocycles. The number of hydrogen-bond acceptors (Lipinski definition) is 3. The molecule has 0 radical (unpaired) electrons. The van der Waals surface area contributed by atoms with Crippen molar-refractivity contribution < 1.29 is 9.59 Å². The highest BCUT2D eigenvalue weighted by Gasteiger charge is 2.37. The lowest BCUT2D eigenvalue weighted by Crippen LogP contribution is -2.52. The van der Waals surface area contributed by atoms with Crippen LogP contribution in [0.5, 0.6) is 0 Å². The van der Waals surface area contributed by atoms with Crippen molar-refractivity contribution >= 4 is 23.5 Å². The molecule has 0 saturated carbocycles. The summed E-state index contributed by atoms with van der Waals surface area (Å²) in [6, 6.07) is 20.0. The van der Waals surface area contributed by atoms with E-state index in [4.69, 9.17) is 0 Å². The number of hydrogen-bond donors (Lipinski definition) is 0. The zero-order chi connectivity index (χ0) is 16.1. The maximum atomic E-state index is 12.2.